The Balaban J connectivity index is 1.89. The van der Waals surface area contributed by atoms with Gasteiger partial charge in [0.15, 0.2) is 0 Å². The average molecular weight is 283 g/mol. The van der Waals surface area contributed by atoms with Crippen molar-refractivity contribution in [1.29, 1.82) is 0 Å². The maximum absolute atomic E-state index is 12.1. The first-order chi connectivity index (χ1) is 9.74. The van der Waals surface area contributed by atoms with Gasteiger partial charge in [-0.2, -0.15) is 0 Å². The normalized spacial score (nSPS) is 10.4. The maximum atomic E-state index is 12.1. The van der Waals surface area contributed by atoms with Gasteiger partial charge < -0.3 is 5.32 Å². The smallest absolute Gasteiger partial charge is 0.258 e. The predicted octanol–water partition coefficient (Wildman–Crippen LogP) is 4.14. The summed E-state index contributed by atoms with van der Waals surface area (Å²) in [5.41, 5.74) is 1.09. The second-order valence-electron chi connectivity index (χ2n) is 4.36. The fourth-order valence-electron chi connectivity index (χ4n) is 2.02. The van der Waals surface area contributed by atoms with E-state index in [4.69, 9.17) is 11.6 Å². The van der Waals surface area contributed by atoms with Crippen LogP contribution in [0.25, 0.3) is 10.8 Å². The van der Waals surface area contributed by atoms with Crippen molar-refractivity contribution in [2.75, 3.05) is 5.32 Å². The molecule has 1 aromatic heterocycles. The van der Waals surface area contributed by atoms with Gasteiger partial charge in [-0.15, -0.1) is 0 Å². The van der Waals surface area contributed by atoms with E-state index in [0.29, 0.717) is 5.56 Å². The van der Waals surface area contributed by atoms with Crippen LogP contribution in [0.2, 0.25) is 5.15 Å². The molecule has 0 atom stereocenters. The van der Waals surface area contributed by atoms with E-state index in [1.807, 2.05) is 42.5 Å². The molecule has 1 N–H and O–H groups in total. The molecule has 3 aromatic rings. The average Bonchev–Trinajstić information content (AvgIpc) is 2.47. The quantitative estimate of drug-likeness (QED) is 0.718. The molecule has 1 amide bonds. The van der Waals surface area contributed by atoms with Gasteiger partial charge in [-0.05, 0) is 35.0 Å². The maximum Gasteiger partial charge on any atom is 0.258 e. The number of hydrogen-bond donors (Lipinski definition) is 1. The van der Waals surface area contributed by atoms with Crippen molar-refractivity contribution in [3.8, 4) is 0 Å². The fourth-order valence-corrected chi connectivity index (χ4v) is 2.23. The van der Waals surface area contributed by atoms with Crippen molar-refractivity contribution in [3.05, 3.63) is 71.5 Å². The number of carbonyl (C=O) groups is 1. The number of benzene rings is 2. The van der Waals surface area contributed by atoms with Gasteiger partial charge in [-0.3, -0.25) is 4.79 Å². The van der Waals surface area contributed by atoms with Crippen molar-refractivity contribution < 1.29 is 4.79 Å². The highest BCUT2D eigenvalue weighted by Gasteiger charge is 2.10. The standard InChI is InChI=1S/C16H11ClN2O/c17-15-14(6-3-9-18-15)16(20)19-13-8-7-11-4-1-2-5-12(11)10-13/h1-10H,(H,19,20). The Hall–Kier alpha value is -2.39. The van der Waals surface area contributed by atoms with Crippen molar-refractivity contribution in [3.63, 3.8) is 0 Å². The molecule has 0 unspecified atom stereocenters. The lowest BCUT2D eigenvalue weighted by Gasteiger charge is -2.07. The number of pyridine rings is 1. The fraction of sp³-hybridized carbons (Fsp3) is 0. The molecule has 0 saturated heterocycles. The van der Waals surface area contributed by atoms with Crippen LogP contribution in [0.5, 0.6) is 0 Å². The number of amides is 1. The Morgan fingerprint density at radius 1 is 1.00 bits per heavy atom. The Bertz CT molecular complexity index is 786. The number of carbonyl (C=O) groups excluding carboxylic acids is 1. The van der Waals surface area contributed by atoms with Crippen molar-refractivity contribution >= 4 is 34.0 Å². The molecular weight excluding hydrogens is 272 g/mol. The first-order valence-corrected chi connectivity index (χ1v) is 6.52. The molecular formula is C16H11ClN2O. The summed E-state index contributed by atoms with van der Waals surface area (Å²) in [6, 6.07) is 17.1. The minimum Gasteiger partial charge on any atom is -0.322 e. The third kappa shape index (κ3) is 2.49. The second kappa shape index (κ2) is 5.31. The molecule has 98 valence electrons. The van der Waals surface area contributed by atoms with Crippen molar-refractivity contribution in [2.45, 2.75) is 0 Å². The Morgan fingerprint density at radius 2 is 1.80 bits per heavy atom. The van der Waals surface area contributed by atoms with E-state index < -0.39 is 0 Å². The Morgan fingerprint density at radius 3 is 2.60 bits per heavy atom. The Labute approximate surface area is 121 Å². The second-order valence-corrected chi connectivity index (χ2v) is 4.72. The topological polar surface area (TPSA) is 42.0 Å². The van der Waals surface area contributed by atoms with Crippen LogP contribution in [0.4, 0.5) is 5.69 Å². The number of rotatable bonds is 2. The van der Waals surface area contributed by atoms with E-state index in [2.05, 4.69) is 10.3 Å². The molecule has 0 aliphatic heterocycles. The molecule has 0 spiro atoms. The molecule has 0 saturated carbocycles. The number of nitrogens with one attached hydrogen (secondary N) is 1. The molecule has 2 aromatic carbocycles. The van der Waals surface area contributed by atoms with Gasteiger partial charge in [0.05, 0.1) is 5.56 Å². The van der Waals surface area contributed by atoms with E-state index in [1.54, 1.807) is 18.3 Å². The van der Waals surface area contributed by atoms with Gasteiger partial charge in [0, 0.05) is 11.9 Å². The van der Waals surface area contributed by atoms with Crippen LogP contribution in [-0.4, -0.2) is 10.9 Å². The van der Waals surface area contributed by atoms with E-state index in [0.717, 1.165) is 16.5 Å². The summed E-state index contributed by atoms with van der Waals surface area (Å²) in [6.07, 6.45) is 1.55. The minimum atomic E-state index is -0.265. The highest BCUT2D eigenvalue weighted by atomic mass is 35.5. The van der Waals surface area contributed by atoms with Crippen molar-refractivity contribution in [1.82, 2.24) is 4.98 Å². The molecule has 0 aliphatic rings. The van der Waals surface area contributed by atoms with Crippen LogP contribution >= 0.6 is 11.6 Å². The summed E-state index contributed by atoms with van der Waals surface area (Å²) in [5, 5.41) is 5.23. The molecule has 0 radical (unpaired) electrons. The largest absolute Gasteiger partial charge is 0.322 e. The molecule has 0 bridgehead atoms. The first-order valence-electron chi connectivity index (χ1n) is 6.15. The molecule has 20 heavy (non-hydrogen) atoms. The predicted molar refractivity (Wildman–Crippen MR) is 81.1 cm³/mol. The zero-order chi connectivity index (χ0) is 13.9. The van der Waals surface area contributed by atoms with Crippen molar-refractivity contribution in [2.24, 2.45) is 0 Å². The lowest BCUT2D eigenvalue weighted by atomic mass is 10.1. The van der Waals surface area contributed by atoms with E-state index in [-0.39, 0.29) is 11.1 Å². The highest BCUT2D eigenvalue weighted by Crippen LogP contribution is 2.20. The molecule has 3 nitrogen and oxygen atoms in total. The minimum absolute atomic E-state index is 0.200. The van der Waals surface area contributed by atoms with Crippen LogP contribution in [0, 0.1) is 0 Å². The zero-order valence-electron chi connectivity index (χ0n) is 10.5. The van der Waals surface area contributed by atoms with Crippen LogP contribution in [0.3, 0.4) is 0 Å². The van der Waals surface area contributed by atoms with Crippen LogP contribution in [0.15, 0.2) is 60.8 Å². The summed E-state index contributed by atoms with van der Waals surface area (Å²) in [5.74, 6) is -0.265. The number of halogens is 1. The van der Waals surface area contributed by atoms with Gasteiger partial charge in [0.1, 0.15) is 5.15 Å². The Kier molecular flexibility index (Phi) is 3.35. The summed E-state index contributed by atoms with van der Waals surface area (Å²) < 4.78 is 0. The molecule has 3 rings (SSSR count). The van der Waals surface area contributed by atoms with E-state index in [1.165, 1.54) is 0 Å². The third-order valence-electron chi connectivity index (χ3n) is 3.01. The molecule has 4 heteroatoms. The van der Waals surface area contributed by atoms with Crippen LogP contribution < -0.4 is 5.32 Å². The van der Waals surface area contributed by atoms with Gasteiger partial charge in [0.2, 0.25) is 0 Å². The number of fused-ring (bicyclic) bond motifs is 1. The van der Waals surface area contributed by atoms with Crippen LogP contribution in [0.1, 0.15) is 10.4 Å². The van der Waals surface area contributed by atoms with E-state index in [9.17, 15) is 4.79 Å². The lowest BCUT2D eigenvalue weighted by molar-refractivity contribution is 0.102. The highest BCUT2D eigenvalue weighted by molar-refractivity contribution is 6.33. The lowest BCUT2D eigenvalue weighted by Crippen LogP contribution is -2.12. The van der Waals surface area contributed by atoms with Gasteiger partial charge in [-0.25, -0.2) is 4.98 Å². The third-order valence-corrected chi connectivity index (χ3v) is 3.31. The number of nitrogens with zero attached hydrogens (tertiary/aromatic N) is 1. The summed E-state index contributed by atoms with van der Waals surface area (Å²) in [4.78, 5) is 16.0. The molecule has 0 aliphatic carbocycles. The van der Waals surface area contributed by atoms with Gasteiger partial charge in [-0.1, -0.05) is 41.9 Å². The SMILES string of the molecule is O=C(Nc1ccc2ccccc2c1)c1cccnc1Cl. The molecule has 1 heterocycles. The first kappa shape index (κ1) is 12.6. The van der Waals surface area contributed by atoms with Gasteiger partial charge in [0.25, 0.3) is 5.91 Å². The monoisotopic (exact) mass is 282 g/mol. The summed E-state index contributed by atoms with van der Waals surface area (Å²) in [7, 11) is 0. The van der Waals surface area contributed by atoms with E-state index >= 15 is 0 Å². The summed E-state index contributed by atoms with van der Waals surface area (Å²) >= 11 is 5.91. The molecule has 0 fully saturated rings. The zero-order valence-corrected chi connectivity index (χ0v) is 11.3. The number of aromatic nitrogens is 1. The number of hydrogen-bond acceptors (Lipinski definition) is 2. The number of anilines is 1. The van der Waals surface area contributed by atoms with Crippen LogP contribution in [-0.2, 0) is 0 Å². The summed E-state index contributed by atoms with van der Waals surface area (Å²) in [6.45, 7) is 0. The van der Waals surface area contributed by atoms with Gasteiger partial charge >= 0.3 is 0 Å².